The van der Waals surface area contributed by atoms with Gasteiger partial charge in [-0.3, -0.25) is 4.79 Å². The van der Waals surface area contributed by atoms with Crippen molar-refractivity contribution in [2.75, 3.05) is 18.4 Å². The fourth-order valence-electron chi connectivity index (χ4n) is 3.30. The molecule has 1 fully saturated rings. The number of carbonyl (C=O) groups is 1. The monoisotopic (exact) mass is 484 g/mol. The van der Waals surface area contributed by atoms with Gasteiger partial charge < -0.3 is 9.84 Å². The van der Waals surface area contributed by atoms with Gasteiger partial charge in [0, 0.05) is 41.9 Å². The van der Waals surface area contributed by atoms with Gasteiger partial charge in [0.25, 0.3) is 10.0 Å². The van der Waals surface area contributed by atoms with Crippen molar-refractivity contribution in [3.05, 3.63) is 46.4 Å². The van der Waals surface area contributed by atoms with Crippen LogP contribution in [-0.2, 0) is 14.8 Å². The molecule has 0 bridgehead atoms. The van der Waals surface area contributed by atoms with Crippen LogP contribution in [-0.4, -0.2) is 41.9 Å². The number of piperidine rings is 1. The first kappa shape index (κ1) is 21.9. The van der Waals surface area contributed by atoms with Crippen molar-refractivity contribution in [2.45, 2.75) is 24.0 Å². The predicted octanol–water partition coefficient (Wildman–Crippen LogP) is 3.94. The van der Waals surface area contributed by atoms with Crippen molar-refractivity contribution in [3.63, 3.8) is 0 Å². The molecule has 3 heterocycles. The summed E-state index contributed by atoms with van der Waals surface area (Å²) in [4.78, 5) is 16.6. The van der Waals surface area contributed by atoms with Crippen LogP contribution in [0.25, 0.3) is 11.4 Å². The highest BCUT2D eigenvalue weighted by Crippen LogP contribution is 2.31. The number of halogens is 2. The van der Waals surface area contributed by atoms with Crippen LogP contribution in [0.2, 0.25) is 5.02 Å². The van der Waals surface area contributed by atoms with Crippen LogP contribution in [0.1, 0.15) is 18.7 Å². The summed E-state index contributed by atoms with van der Waals surface area (Å²) in [5.74, 6) is -0.650. The number of carbonyl (C=O) groups excluding carboxylic acids is 1. The molecule has 3 aromatic rings. The van der Waals surface area contributed by atoms with Crippen molar-refractivity contribution in [2.24, 2.45) is 5.92 Å². The third-order valence-corrected chi connectivity index (χ3v) is 8.52. The van der Waals surface area contributed by atoms with E-state index in [1.807, 2.05) is 0 Å². The van der Waals surface area contributed by atoms with Gasteiger partial charge in [0.2, 0.25) is 17.6 Å². The zero-order valence-corrected chi connectivity index (χ0v) is 18.7. The molecule has 4 rings (SSSR count). The van der Waals surface area contributed by atoms with Crippen molar-refractivity contribution in [1.29, 1.82) is 0 Å². The third-order valence-electron chi connectivity index (χ3n) is 4.97. The van der Waals surface area contributed by atoms with E-state index in [-0.39, 0.29) is 33.9 Å². The number of anilines is 1. The fraction of sp³-hybridized carbons (Fsp3) is 0.316. The number of sulfonamides is 1. The molecule has 8 nitrogen and oxygen atoms in total. The Hall–Kier alpha value is -2.34. The fourth-order valence-corrected chi connectivity index (χ4v) is 6.24. The maximum Gasteiger partial charge on any atom is 0.252 e. The number of nitrogens with zero attached hydrogens (tertiary/aromatic N) is 3. The van der Waals surface area contributed by atoms with Gasteiger partial charge in [-0.2, -0.15) is 9.29 Å². The molecule has 0 saturated carbocycles. The lowest BCUT2D eigenvalue weighted by Crippen LogP contribution is -2.41. The van der Waals surface area contributed by atoms with Crippen LogP contribution in [0.4, 0.5) is 10.1 Å². The van der Waals surface area contributed by atoms with Crippen LogP contribution < -0.4 is 5.32 Å². The summed E-state index contributed by atoms with van der Waals surface area (Å²) in [6.07, 6.45) is 0.672. The minimum atomic E-state index is -3.70. The Kier molecular flexibility index (Phi) is 6.11. The number of rotatable bonds is 5. The molecule has 0 aliphatic carbocycles. The Balaban J connectivity index is 1.39. The van der Waals surface area contributed by atoms with Crippen LogP contribution in [0.15, 0.2) is 38.4 Å². The summed E-state index contributed by atoms with van der Waals surface area (Å²) in [7, 11) is -3.70. The normalized spacial score (nSPS) is 15.8. The van der Waals surface area contributed by atoms with E-state index in [2.05, 4.69) is 15.5 Å². The van der Waals surface area contributed by atoms with E-state index in [1.54, 1.807) is 12.3 Å². The highest BCUT2D eigenvalue weighted by atomic mass is 35.5. The summed E-state index contributed by atoms with van der Waals surface area (Å²) < 4.78 is 46.4. The second-order valence-electron chi connectivity index (χ2n) is 7.08. The Morgan fingerprint density at radius 1 is 1.32 bits per heavy atom. The molecule has 1 aromatic carbocycles. The number of aryl methyl sites for hydroxylation is 1. The molecule has 0 radical (unpaired) electrons. The quantitative estimate of drug-likeness (QED) is 0.588. The Morgan fingerprint density at radius 2 is 2.06 bits per heavy atom. The number of aromatic nitrogens is 2. The minimum absolute atomic E-state index is 0.0484. The highest BCUT2D eigenvalue weighted by molar-refractivity contribution is 7.91. The second kappa shape index (κ2) is 8.65. The van der Waals surface area contributed by atoms with Crippen LogP contribution in [0.5, 0.6) is 0 Å². The summed E-state index contributed by atoms with van der Waals surface area (Å²) in [5.41, 5.74) is 0.618. The molecule has 2 aromatic heterocycles. The molecule has 1 N–H and O–H groups in total. The highest BCUT2D eigenvalue weighted by Gasteiger charge is 2.33. The third kappa shape index (κ3) is 4.64. The summed E-state index contributed by atoms with van der Waals surface area (Å²) in [5, 5.41) is 8.26. The van der Waals surface area contributed by atoms with Gasteiger partial charge in [-0.1, -0.05) is 16.8 Å². The number of amides is 1. The van der Waals surface area contributed by atoms with Gasteiger partial charge in [0.15, 0.2) is 0 Å². The SMILES string of the molecule is Cc1nc(-c2csc(S(=O)(=O)N3CCC(C(=O)Nc4ccc(Cl)cc4F)CC3)c2)no1. The number of thiophene rings is 1. The van der Waals surface area contributed by atoms with E-state index >= 15 is 0 Å². The van der Waals surface area contributed by atoms with E-state index in [0.717, 1.165) is 17.4 Å². The Labute approximate surface area is 187 Å². The van der Waals surface area contributed by atoms with E-state index in [1.165, 1.54) is 22.5 Å². The lowest BCUT2D eigenvalue weighted by molar-refractivity contribution is -0.120. The summed E-state index contributed by atoms with van der Waals surface area (Å²) >= 11 is 6.81. The zero-order valence-electron chi connectivity index (χ0n) is 16.3. The number of benzene rings is 1. The lowest BCUT2D eigenvalue weighted by Gasteiger charge is -2.30. The molecule has 164 valence electrons. The van der Waals surface area contributed by atoms with Crippen LogP contribution >= 0.6 is 22.9 Å². The molecular weight excluding hydrogens is 467 g/mol. The van der Waals surface area contributed by atoms with E-state index in [4.69, 9.17) is 16.1 Å². The summed E-state index contributed by atoms with van der Waals surface area (Å²) in [6, 6.07) is 5.53. The van der Waals surface area contributed by atoms with Crippen LogP contribution in [0, 0.1) is 18.7 Å². The molecule has 0 spiro atoms. The van der Waals surface area contributed by atoms with Gasteiger partial charge in [-0.25, -0.2) is 12.8 Å². The number of hydrogen-bond acceptors (Lipinski definition) is 7. The van der Waals surface area contributed by atoms with E-state index in [0.29, 0.717) is 30.1 Å². The number of hydrogen-bond donors (Lipinski definition) is 1. The van der Waals surface area contributed by atoms with Crippen molar-refractivity contribution < 1.29 is 22.1 Å². The molecule has 1 amide bonds. The largest absolute Gasteiger partial charge is 0.339 e. The smallest absolute Gasteiger partial charge is 0.252 e. The maximum atomic E-state index is 13.9. The van der Waals surface area contributed by atoms with E-state index in [9.17, 15) is 17.6 Å². The topological polar surface area (TPSA) is 105 Å². The number of nitrogens with one attached hydrogen (secondary N) is 1. The first-order valence-electron chi connectivity index (χ1n) is 9.39. The van der Waals surface area contributed by atoms with Gasteiger partial charge in [-0.05, 0) is 37.1 Å². The molecule has 31 heavy (non-hydrogen) atoms. The van der Waals surface area contributed by atoms with Crippen LogP contribution in [0.3, 0.4) is 0 Å². The van der Waals surface area contributed by atoms with Crippen molar-refractivity contribution in [3.8, 4) is 11.4 Å². The first-order valence-corrected chi connectivity index (χ1v) is 12.1. The molecule has 12 heteroatoms. The molecule has 0 atom stereocenters. The zero-order chi connectivity index (χ0) is 22.2. The summed E-state index contributed by atoms with van der Waals surface area (Å²) in [6.45, 7) is 2.04. The minimum Gasteiger partial charge on any atom is -0.339 e. The van der Waals surface area contributed by atoms with Gasteiger partial charge in [0.1, 0.15) is 10.0 Å². The van der Waals surface area contributed by atoms with Crippen molar-refractivity contribution in [1.82, 2.24) is 14.4 Å². The molecule has 1 aliphatic heterocycles. The average Bonchev–Trinajstić information content (AvgIpc) is 3.39. The molecule has 0 unspecified atom stereocenters. The van der Waals surface area contributed by atoms with E-state index < -0.39 is 21.8 Å². The predicted molar refractivity (Wildman–Crippen MR) is 114 cm³/mol. The first-order chi connectivity index (χ1) is 14.7. The molecule has 1 aliphatic rings. The average molecular weight is 485 g/mol. The van der Waals surface area contributed by atoms with Gasteiger partial charge >= 0.3 is 0 Å². The second-order valence-corrected chi connectivity index (χ2v) is 10.6. The van der Waals surface area contributed by atoms with Gasteiger partial charge in [0.05, 0.1) is 5.69 Å². The standard InChI is InChI=1S/C19H18ClFN4O4S2/c1-11-22-18(24-29-11)13-8-17(30-10-13)31(27,28)25-6-4-12(5-7-25)19(26)23-16-3-2-14(20)9-15(16)21/h2-3,8-10,12H,4-7H2,1H3,(H,23,26). The lowest BCUT2D eigenvalue weighted by atomic mass is 9.97. The maximum absolute atomic E-state index is 13.9. The molecule has 1 saturated heterocycles. The Bertz CT molecular complexity index is 1220. The van der Waals surface area contributed by atoms with Gasteiger partial charge in [-0.15, -0.1) is 11.3 Å². The Morgan fingerprint density at radius 3 is 2.71 bits per heavy atom. The van der Waals surface area contributed by atoms with Crippen molar-refractivity contribution >= 4 is 44.6 Å². The molecular formula is C19H18ClFN4O4S2.